The molecule has 1 aliphatic heterocycles. The third-order valence-corrected chi connectivity index (χ3v) is 5.26. The van der Waals surface area contributed by atoms with E-state index in [0.717, 1.165) is 44.0 Å². The van der Waals surface area contributed by atoms with Gasteiger partial charge in [0.15, 0.2) is 17.5 Å². The van der Waals surface area contributed by atoms with Gasteiger partial charge in [0.05, 0.1) is 26.5 Å². The average molecular weight is 543 g/mol. The van der Waals surface area contributed by atoms with Gasteiger partial charge in [0, 0.05) is 37.9 Å². The van der Waals surface area contributed by atoms with Crippen LogP contribution in [0.25, 0.3) is 0 Å². The van der Waals surface area contributed by atoms with E-state index in [2.05, 4.69) is 27.0 Å². The Balaban J connectivity index is 0.00000341. The lowest BCUT2D eigenvalue weighted by Gasteiger charge is -2.35. The number of hydrogen-bond donors (Lipinski definition) is 2. The standard InChI is InChI=1S/C22H30FN5O2.HI/c1-4-27-9-11-28(12-10-27)19-7-5-16(13-18(19)23)15-25-22(24)26-17-6-8-20(29-2)21(14-17)30-3;/h5-8,13-14H,4,9-12,15H2,1-3H3,(H3,24,25,26);1H. The Kier molecular flexibility index (Phi) is 9.63. The van der Waals surface area contributed by atoms with Crippen molar-refractivity contribution in [3.63, 3.8) is 0 Å². The zero-order valence-electron chi connectivity index (χ0n) is 18.2. The number of nitrogens with one attached hydrogen (secondary N) is 1. The molecule has 0 aromatic heterocycles. The van der Waals surface area contributed by atoms with Crippen molar-refractivity contribution in [2.75, 3.05) is 57.2 Å². The number of rotatable bonds is 7. The van der Waals surface area contributed by atoms with Crippen molar-refractivity contribution in [2.45, 2.75) is 13.5 Å². The number of likely N-dealkylation sites (N-methyl/N-ethyl adjacent to an activating group) is 1. The van der Waals surface area contributed by atoms with Gasteiger partial charge in [-0.1, -0.05) is 13.0 Å². The Morgan fingerprint density at radius 2 is 1.77 bits per heavy atom. The summed E-state index contributed by atoms with van der Waals surface area (Å²) in [7, 11) is 3.15. The molecule has 31 heavy (non-hydrogen) atoms. The van der Waals surface area contributed by atoms with Crippen LogP contribution in [0, 0.1) is 5.82 Å². The van der Waals surface area contributed by atoms with Crippen LogP contribution in [0.3, 0.4) is 0 Å². The fourth-order valence-corrected chi connectivity index (χ4v) is 3.49. The van der Waals surface area contributed by atoms with E-state index >= 15 is 0 Å². The molecular formula is C22H31FIN5O2. The summed E-state index contributed by atoms with van der Waals surface area (Å²) < 4.78 is 25.2. The fourth-order valence-electron chi connectivity index (χ4n) is 3.49. The third kappa shape index (κ3) is 6.60. The Labute approximate surface area is 200 Å². The highest BCUT2D eigenvalue weighted by Crippen LogP contribution is 2.29. The minimum absolute atomic E-state index is 0. The molecule has 3 N–H and O–H groups in total. The number of nitrogens with zero attached hydrogens (tertiary/aromatic N) is 3. The lowest BCUT2D eigenvalue weighted by atomic mass is 10.1. The molecule has 0 atom stereocenters. The normalized spacial score (nSPS) is 14.7. The molecule has 2 aromatic rings. The number of guanidine groups is 1. The van der Waals surface area contributed by atoms with E-state index in [4.69, 9.17) is 15.2 Å². The van der Waals surface area contributed by atoms with Crippen LogP contribution in [-0.4, -0.2) is 57.8 Å². The van der Waals surface area contributed by atoms with E-state index in [1.807, 2.05) is 18.2 Å². The van der Waals surface area contributed by atoms with Crippen LogP contribution in [0.5, 0.6) is 11.5 Å². The Bertz CT molecular complexity index is 888. The highest BCUT2D eigenvalue weighted by Gasteiger charge is 2.18. The number of halogens is 2. The molecule has 0 aliphatic carbocycles. The predicted molar refractivity (Wildman–Crippen MR) is 135 cm³/mol. The first kappa shape index (κ1) is 25.0. The number of nitrogens with two attached hydrogens (primary N) is 1. The SMILES string of the molecule is CCN1CCN(c2ccc(CN=C(N)Nc3ccc(OC)c(OC)c3)cc2F)CC1.I. The van der Waals surface area contributed by atoms with Gasteiger partial charge in [-0.15, -0.1) is 24.0 Å². The van der Waals surface area contributed by atoms with Crippen LogP contribution in [-0.2, 0) is 6.54 Å². The summed E-state index contributed by atoms with van der Waals surface area (Å²) >= 11 is 0. The second kappa shape index (κ2) is 11.9. The van der Waals surface area contributed by atoms with Crippen molar-refractivity contribution in [1.82, 2.24) is 4.90 Å². The quantitative estimate of drug-likeness (QED) is 0.316. The van der Waals surface area contributed by atoms with Crippen LogP contribution in [0.2, 0.25) is 0 Å². The molecule has 9 heteroatoms. The van der Waals surface area contributed by atoms with E-state index in [-0.39, 0.29) is 42.3 Å². The first-order chi connectivity index (χ1) is 14.5. The molecule has 0 bridgehead atoms. The second-order valence-corrected chi connectivity index (χ2v) is 7.10. The number of ether oxygens (including phenoxy) is 2. The van der Waals surface area contributed by atoms with Crippen molar-refractivity contribution in [1.29, 1.82) is 0 Å². The summed E-state index contributed by atoms with van der Waals surface area (Å²) in [5.74, 6) is 1.24. The molecule has 0 amide bonds. The molecule has 3 rings (SSSR count). The summed E-state index contributed by atoms with van der Waals surface area (Å²) in [6, 6.07) is 10.6. The summed E-state index contributed by atoms with van der Waals surface area (Å²) in [5, 5.41) is 3.01. The molecule has 2 aromatic carbocycles. The van der Waals surface area contributed by atoms with Gasteiger partial charge in [-0.25, -0.2) is 9.38 Å². The van der Waals surface area contributed by atoms with Crippen LogP contribution >= 0.6 is 24.0 Å². The van der Waals surface area contributed by atoms with E-state index in [1.165, 1.54) is 6.07 Å². The molecule has 1 aliphatic rings. The van der Waals surface area contributed by atoms with E-state index in [0.29, 0.717) is 17.2 Å². The number of piperazine rings is 1. The van der Waals surface area contributed by atoms with Gasteiger partial charge >= 0.3 is 0 Å². The van der Waals surface area contributed by atoms with Gasteiger partial charge in [-0.3, -0.25) is 0 Å². The van der Waals surface area contributed by atoms with Gasteiger partial charge < -0.3 is 30.3 Å². The van der Waals surface area contributed by atoms with Crippen molar-refractivity contribution in [3.05, 3.63) is 47.8 Å². The molecule has 1 fully saturated rings. The Morgan fingerprint density at radius 1 is 1.06 bits per heavy atom. The first-order valence-corrected chi connectivity index (χ1v) is 10.1. The number of anilines is 2. The maximum atomic E-state index is 14.7. The van der Waals surface area contributed by atoms with Crippen LogP contribution in [0.4, 0.5) is 15.8 Å². The van der Waals surface area contributed by atoms with Crippen molar-refractivity contribution >= 4 is 41.3 Å². The molecule has 7 nitrogen and oxygen atoms in total. The first-order valence-electron chi connectivity index (χ1n) is 10.1. The minimum Gasteiger partial charge on any atom is -0.493 e. The van der Waals surface area contributed by atoms with Gasteiger partial charge in [-0.2, -0.15) is 0 Å². The zero-order valence-corrected chi connectivity index (χ0v) is 20.6. The molecule has 0 unspecified atom stereocenters. The van der Waals surface area contributed by atoms with Gasteiger partial charge in [0.2, 0.25) is 0 Å². The van der Waals surface area contributed by atoms with Crippen molar-refractivity contribution in [2.24, 2.45) is 10.7 Å². The Morgan fingerprint density at radius 3 is 2.39 bits per heavy atom. The molecule has 1 saturated heterocycles. The Hall–Kier alpha value is -2.27. The highest BCUT2D eigenvalue weighted by atomic mass is 127. The monoisotopic (exact) mass is 543 g/mol. The van der Waals surface area contributed by atoms with E-state index in [1.54, 1.807) is 26.4 Å². The second-order valence-electron chi connectivity index (χ2n) is 7.10. The molecule has 0 saturated carbocycles. The molecule has 0 spiro atoms. The van der Waals surface area contributed by atoms with Crippen LogP contribution in [0.1, 0.15) is 12.5 Å². The van der Waals surface area contributed by atoms with E-state index < -0.39 is 0 Å². The topological polar surface area (TPSA) is 75.4 Å². The molecule has 1 heterocycles. The lowest BCUT2D eigenvalue weighted by molar-refractivity contribution is 0.270. The van der Waals surface area contributed by atoms with Gasteiger partial charge in [-0.05, 0) is 36.4 Å². The van der Waals surface area contributed by atoms with Crippen molar-refractivity contribution < 1.29 is 13.9 Å². The maximum absolute atomic E-state index is 14.7. The van der Waals surface area contributed by atoms with Crippen LogP contribution < -0.4 is 25.4 Å². The lowest BCUT2D eigenvalue weighted by Crippen LogP contribution is -2.46. The van der Waals surface area contributed by atoms with E-state index in [9.17, 15) is 4.39 Å². The molecule has 0 radical (unpaired) electrons. The van der Waals surface area contributed by atoms with Gasteiger partial charge in [0.25, 0.3) is 0 Å². The highest BCUT2D eigenvalue weighted by molar-refractivity contribution is 14.0. The average Bonchev–Trinajstić information content (AvgIpc) is 2.77. The number of aliphatic imine (C=N–C) groups is 1. The number of hydrogen-bond acceptors (Lipinski definition) is 5. The summed E-state index contributed by atoms with van der Waals surface area (Å²) in [6.45, 7) is 7.06. The number of methoxy groups -OCH3 is 2. The predicted octanol–water partition coefficient (Wildman–Crippen LogP) is 3.53. The third-order valence-electron chi connectivity index (χ3n) is 5.26. The summed E-state index contributed by atoms with van der Waals surface area (Å²) in [5.41, 5.74) is 8.12. The summed E-state index contributed by atoms with van der Waals surface area (Å²) in [6.07, 6.45) is 0. The van der Waals surface area contributed by atoms with Crippen LogP contribution in [0.15, 0.2) is 41.4 Å². The largest absolute Gasteiger partial charge is 0.493 e. The maximum Gasteiger partial charge on any atom is 0.193 e. The zero-order chi connectivity index (χ0) is 21.5. The fraction of sp³-hybridized carbons (Fsp3) is 0.409. The smallest absolute Gasteiger partial charge is 0.193 e. The van der Waals surface area contributed by atoms with Gasteiger partial charge in [0.1, 0.15) is 5.82 Å². The minimum atomic E-state index is -0.223. The number of benzene rings is 2. The molecule has 170 valence electrons. The summed E-state index contributed by atoms with van der Waals surface area (Å²) in [4.78, 5) is 8.78. The molecular weight excluding hydrogens is 512 g/mol. The van der Waals surface area contributed by atoms with Crippen molar-refractivity contribution in [3.8, 4) is 11.5 Å².